The van der Waals surface area contributed by atoms with E-state index in [1.807, 2.05) is 18.5 Å². The second-order valence-corrected chi connectivity index (χ2v) is 8.39. The normalized spacial score (nSPS) is 11.3. The van der Waals surface area contributed by atoms with Crippen LogP contribution in [0.25, 0.3) is 0 Å². The minimum Gasteiger partial charge on any atom is -0.322 e. The average molecular weight is 432 g/mol. The van der Waals surface area contributed by atoms with Gasteiger partial charge >= 0.3 is 0 Å². The lowest BCUT2D eigenvalue weighted by atomic mass is 10.1. The lowest BCUT2D eigenvalue weighted by molar-refractivity contribution is -0.115. The quantitative estimate of drug-likeness (QED) is 0.641. The van der Waals surface area contributed by atoms with Crippen molar-refractivity contribution in [2.75, 3.05) is 10.6 Å². The summed E-state index contributed by atoms with van der Waals surface area (Å²) in [5, 5.41) is 9.83. The number of alkyl halides is 3. The van der Waals surface area contributed by atoms with Gasteiger partial charge in [-0.1, -0.05) is 54.2 Å². The first-order valence-electron chi connectivity index (χ1n) is 8.47. The van der Waals surface area contributed by atoms with Gasteiger partial charge in [0.15, 0.2) is 0 Å². The average Bonchev–Trinajstić information content (AvgIpc) is 2.86. The van der Waals surface area contributed by atoms with Crippen LogP contribution in [0.4, 0.5) is 11.4 Å². The highest BCUT2D eigenvalue weighted by molar-refractivity contribution is 6.76. The maximum atomic E-state index is 12.6. The molecule has 2 amide bonds. The number of halogens is 3. The molecule has 0 unspecified atom stereocenters. The summed E-state index contributed by atoms with van der Waals surface area (Å²) in [6.45, 7) is 6.69. The highest BCUT2D eigenvalue weighted by Gasteiger charge is 2.30. The highest BCUT2D eigenvalue weighted by Crippen LogP contribution is 2.28. The number of benzene rings is 1. The Hall–Kier alpha value is -1.76. The minimum absolute atomic E-state index is 0.318. The summed E-state index contributed by atoms with van der Waals surface area (Å²) in [7, 11) is 0. The summed E-state index contributed by atoms with van der Waals surface area (Å²) in [5.74, 6) is -1.12. The Morgan fingerprint density at radius 1 is 1.19 bits per heavy atom. The van der Waals surface area contributed by atoms with E-state index >= 15 is 0 Å². The van der Waals surface area contributed by atoms with Crippen molar-refractivity contribution in [1.29, 1.82) is 0 Å². The molecule has 0 spiro atoms. The predicted molar refractivity (Wildman–Crippen MR) is 110 cm³/mol. The zero-order valence-electron chi connectivity index (χ0n) is 15.3. The summed E-state index contributed by atoms with van der Waals surface area (Å²) in [5.41, 5.74) is 3.04. The van der Waals surface area contributed by atoms with Crippen LogP contribution in [-0.2, 0) is 11.3 Å². The van der Waals surface area contributed by atoms with Gasteiger partial charge in [-0.25, -0.2) is 0 Å². The number of carbonyl (C=O) groups excluding carboxylic acids is 2. The molecule has 2 N–H and O–H groups in total. The molecule has 0 aliphatic carbocycles. The molecule has 9 heteroatoms. The van der Waals surface area contributed by atoms with Crippen molar-refractivity contribution in [3.05, 3.63) is 41.2 Å². The number of aryl methyl sites for hydroxylation is 2. The van der Waals surface area contributed by atoms with Crippen molar-refractivity contribution in [3.8, 4) is 0 Å². The highest BCUT2D eigenvalue weighted by atomic mass is 35.6. The number of nitrogens with zero attached hydrogens (tertiary/aromatic N) is 2. The van der Waals surface area contributed by atoms with Crippen molar-refractivity contribution < 1.29 is 9.59 Å². The van der Waals surface area contributed by atoms with Crippen molar-refractivity contribution in [3.63, 3.8) is 0 Å². The summed E-state index contributed by atoms with van der Waals surface area (Å²) < 4.78 is -0.189. The molecule has 1 heterocycles. The SMILES string of the molecule is CCCCn1nc(C)c(NC(=O)c2cccc(NC(=O)C(Cl)(Cl)Cl)c2)c1C. The topological polar surface area (TPSA) is 76.0 Å². The predicted octanol–water partition coefficient (Wildman–Crippen LogP) is 4.86. The Balaban J connectivity index is 2.16. The van der Waals surface area contributed by atoms with E-state index in [-0.39, 0.29) is 5.91 Å². The molecule has 0 aliphatic rings. The monoisotopic (exact) mass is 430 g/mol. The maximum absolute atomic E-state index is 12.6. The smallest absolute Gasteiger partial charge is 0.276 e. The van der Waals surface area contributed by atoms with Gasteiger partial charge < -0.3 is 10.6 Å². The Bertz CT molecular complexity index is 844. The number of nitrogens with one attached hydrogen (secondary N) is 2. The van der Waals surface area contributed by atoms with E-state index in [0.717, 1.165) is 30.8 Å². The van der Waals surface area contributed by atoms with Crippen LogP contribution in [0, 0.1) is 13.8 Å². The molecule has 0 radical (unpaired) electrons. The first-order chi connectivity index (χ1) is 12.6. The van der Waals surface area contributed by atoms with Gasteiger partial charge in [0, 0.05) is 17.8 Å². The summed E-state index contributed by atoms with van der Waals surface area (Å²) in [6, 6.07) is 6.37. The van der Waals surface area contributed by atoms with Crippen molar-refractivity contribution in [1.82, 2.24) is 9.78 Å². The van der Waals surface area contributed by atoms with E-state index < -0.39 is 9.70 Å². The number of aromatic nitrogens is 2. The van der Waals surface area contributed by atoms with Crippen LogP contribution < -0.4 is 10.6 Å². The first kappa shape index (κ1) is 21.5. The largest absolute Gasteiger partial charge is 0.322 e. The zero-order chi connectivity index (χ0) is 20.2. The molecule has 0 saturated carbocycles. The third-order valence-corrected chi connectivity index (χ3v) is 4.50. The van der Waals surface area contributed by atoms with Gasteiger partial charge in [0.25, 0.3) is 15.6 Å². The molecule has 6 nitrogen and oxygen atoms in total. The van der Waals surface area contributed by atoms with Crippen LogP contribution in [0.1, 0.15) is 41.5 Å². The molecule has 0 saturated heterocycles. The molecule has 0 atom stereocenters. The molecule has 0 fully saturated rings. The number of anilines is 2. The molecule has 0 aliphatic heterocycles. The summed E-state index contributed by atoms with van der Waals surface area (Å²) in [6.07, 6.45) is 2.08. The lowest BCUT2D eigenvalue weighted by Crippen LogP contribution is -2.27. The third kappa shape index (κ3) is 5.61. The molecular formula is C18H21Cl3N4O2. The number of amides is 2. The van der Waals surface area contributed by atoms with Crippen LogP contribution in [0.3, 0.4) is 0 Å². The second kappa shape index (κ2) is 8.95. The van der Waals surface area contributed by atoms with Crippen LogP contribution in [-0.4, -0.2) is 25.4 Å². The molecule has 2 aromatic rings. The van der Waals surface area contributed by atoms with Gasteiger partial charge in [0.2, 0.25) is 0 Å². The van der Waals surface area contributed by atoms with E-state index in [0.29, 0.717) is 16.9 Å². The van der Waals surface area contributed by atoms with Crippen molar-refractivity contribution in [2.24, 2.45) is 0 Å². The number of hydrogen-bond acceptors (Lipinski definition) is 3. The molecular weight excluding hydrogens is 411 g/mol. The van der Waals surface area contributed by atoms with Crippen LogP contribution in [0.5, 0.6) is 0 Å². The fraction of sp³-hybridized carbons (Fsp3) is 0.389. The molecule has 27 heavy (non-hydrogen) atoms. The van der Waals surface area contributed by atoms with Gasteiger partial charge in [-0.3, -0.25) is 14.3 Å². The molecule has 0 bridgehead atoms. The van der Waals surface area contributed by atoms with Crippen molar-refractivity contribution in [2.45, 2.75) is 44.0 Å². The molecule has 1 aromatic carbocycles. The Morgan fingerprint density at radius 3 is 2.52 bits per heavy atom. The standard InChI is InChI=1S/C18H21Cl3N4O2/c1-4-5-9-25-12(3)15(11(2)24-25)23-16(26)13-7-6-8-14(10-13)22-17(27)18(19,20)21/h6-8,10H,4-5,9H2,1-3H3,(H,22,27)(H,23,26). The number of rotatable bonds is 6. The van der Waals surface area contributed by atoms with Gasteiger partial charge in [-0.2, -0.15) is 5.10 Å². The Kier molecular flexibility index (Phi) is 7.14. The molecule has 146 valence electrons. The maximum Gasteiger partial charge on any atom is 0.276 e. The molecule has 2 rings (SSSR count). The van der Waals surface area contributed by atoms with Crippen LogP contribution >= 0.6 is 34.8 Å². The Labute approximate surface area is 173 Å². The van der Waals surface area contributed by atoms with Crippen LogP contribution in [0.15, 0.2) is 24.3 Å². The lowest BCUT2D eigenvalue weighted by Gasteiger charge is -2.12. The summed E-state index contributed by atoms with van der Waals surface area (Å²) in [4.78, 5) is 24.4. The van der Waals surface area contributed by atoms with E-state index in [4.69, 9.17) is 34.8 Å². The van der Waals surface area contributed by atoms with Crippen LogP contribution in [0.2, 0.25) is 0 Å². The number of unbranched alkanes of at least 4 members (excludes halogenated alkanes) is 1. The van der Waals surface area contributed by atoms with Gasteiger partial charge in [0.1, 0.15) is 0 Å². The Morgan fingerprint density at radius 2 is 1.89 bits per heavy atom. The van der Waals surface area contributed by atoms with E-state index in [1.165, 1.54) is 6.07 Å². The fourth-order valence-electron chi connectivity index (χ4n) is 2.53. The van der Waals surface area contributed by atoms with E-state index in [1.54, 1.807) is 18.2 Å². The van der Waals surface area contributed by atoms with Crippen molar-refractivity contribution >= 4 is 58.0 Å². The van der Waals surface area contributed by atoms with E-state index in [9.17, 15) is 9.59 Å². The second-order valence-electron chi connectivity index (χ2n) is 6.11. The van der Waals surface area contributed by atoms with Gasteiger partial charge in [-0.05, 0) is 38.5 Å². The fourth-order valence-corrected chi connectivity index (χ4v) is 2.67. The first-order valence-corrected chi connectivity index (χ1v) is 9.60. The number of hydrogen-bond donors (Lipinski definition) is 2. The minimum atomic E-state index is -2.08. The molecule has 1 aromatic heterocycles. The van der Waals surface area contributed by atoms with Gasteiger partial charge in [0.05, 0.1) is 17.1 Å². The number of carbonyl (C=O) groups is 2. The summed E-state index contributed by atoms with van der Waals surface area (Å²) >= 11 is 16.6. The zero-order valence-corrected chi connectivity index (χ0v) is 17.5. The van der Waals surface area contributed by atoms with E-state index in [2.05, 4.69) is 22.7 Å². The third-order valence-electron chi connectivity index (χ3n) is 3.98. The van der Waals surface area contributed by atoms with Gasteiger partial charge in [-0.15, -0.1) is 0 Å².